The number of halogens is 2. The summed E-state index contributed by atoms with van der Waals surface area (Å²) in [7, 11) is 0. The van der Waals surface area contributed by atoms with Crippen molar-refractivity contribution in [1.82, 2.24) is 20.1 Å². The lowest BCUT2D eigenvalue weighted by Crippen LogP contribution is -2.44. The van der Waals surface area contributed by atoms with Gasteiger partial charge in [0.15, 0.2) is 0 Å². The van der Waals surface area contributed by atoms with E-state index >= 15 is 0 Å². The molecule has 0 aliphatic carbocycles. The molecule has 2 N–H and O–H groups in total. The quantitative estimate of drug-likeness (QED) is 0.489. The number of anilines is 2. The number of carbonyl (C=O) groups is 2. The smallest absolute Gasteiger partial charge is 0.332 e. The molecule has 0 saturated carbocycles. The number of hydrogen-bond acceptors (Lipinski definition) is 7. The highest BCUT2D eigenvalue weighted by atomic mass is 19.3. The fourth-order valence-electron chi connectivity index (χ4n) is 3.36. The predicted octanol–water partition coefficient (Wildman–Crippen LogP) is 3.40. The Morgan fingerprint density at radius 2 is 1.94 bits per heavy atom. The van der Waals surface area contributed by atoms with Crippen molar-refractivity contribution < 1.29 is 22.8 Å². The van der Waals surface area contributed by atoms with Crippen LogP contribution in [0, 0.1) is 0 Å². The molecule has 3 heterocycles. The van der Waals surface area contributed by atoms with Crippen molar-refractivity contribution in [2.24, 2.45) is 0 Å². The number of alkyl halides is 2. The summed E-state index contributed by atoms with van der Waals surface area (Å²) in [6.45, 7) is 3.25. The second-order valence-corrected chi connectivity index (χ2v) is 7.45. The summed E-state index contributed by atoms with van der Waals surface area (Å²) in [4.78, 5) is 32.7. The predicted molar refractivity (Wildman–Crippen MR) is 106 cm³/mol. The van der Waals surface area contributed by atoms with Crippen molar-refractivity contribution in [1.29, 1.82) is 0 Å². The Labute approximate surface area is 175 Å². The lowest BCUT2D eigenvalue weighted by molar-refractivity contribution is -0.130. The molecule has 0 bridgehead atoms. The van der Waals surface area contributed by atoms with Crippen LogP contribution in [-0.2, 0) is 11.3 Å². The third-order valence-electron chi connectivity index (χ3n) is 4.90. The Morgan fingerprint density at radius 1 is 1.16 bits per heavy atom. The fraction of sp³-hybridized carbons (Fsp3) is 0.250. The largest absolute Gasteiger partial charge is 0.415 e. The molecule has 2 aromatic heterocycles. The van der Waals surface area contributed by atoms with E-state index in [-0.39, 0.29) is 18.3 Å². The third kappa shape index (κ3) is 3.58. The highest BCUT2D eigenvalue weighted by Crippen LogP contribution is 2.34. The van der Waals surface area contributed by atoms with Gasteiger partial charge in [-0.3, -0.25) is 19.6 Å². The van der Waals surface area contributed by atoms with E-state index in [4.69, 9.17) is 10.2 Å². The van der Waals surface area contributed by atoms with Crippen LogP contribution in [0.3, 0.4) is 0 Å². The third-order valence-corrected chi connectivity index (χ3v) is 4.90. The summed E-state index contributed by atoms with van der Waals surface area (Å²) < 4.78 is 30.1. The molecule has 160 valence electrons. The summed E-state index contributed by atoms with van der Waals surface area (Å²) in [5, 5.41) is 6.83. The second-order valence-electron chi connectivity index (χ2n) is 7.45. The number of urea groups is 1. The Hall–Kier alpha value is -3.89. The van der Waals surface area contributed by atoms with Gasteiger partial charge in [-0.25, -0.2) is 4.79 Å². The number of carbonyl (C=O) groups excluding carboxylic acids is 2. The fourth-order valence-corrected chi connectivity index (χ4v) is 3.36. The monoisotopic (exact) mass is 428 g/mol. The van der Waals surface area contributed by atoms with Crippen molar-refractivity contribution in [3.05, 3.63) is 54.2 Å². The van der Waals surface area contributed by atoms with Gasteiger partial charge in [0.25, 0.3) is 11.8 Å². The van der Waals surface area contributed by atoms with E-state index in [1.54, 1.807) is 44.2 Å². The average molecular weight is 428 g/mol. The maximum atomic E-state index is 13.1. The van der Waals surface area contributed by atoms with Crippen LogP contribution in [0.2, 0.25) is 0 Å². The molecule has 1 aromatic carbocycles. The van der Waals surface area contributed by atoms with Gasteiger partial charge < -0.3 is 10.2 Å². The van der Waals surface area contributed by atoms with Crippen LogP contribution in [0.1, 0.15) is 31.9 Å². The Balaban J connectivity index is 1.56. The molecule has 1 fully saturated rings. The van der Waals surface area contributed by atoms with Gasteiger partial charge in [-0.05, 0) is 44.2 Å². The van der Waals surface area contributed by atoms with E-state index in [9.17, 15) is 18.4 Å². The van der Waals surface area contributed by atoms with Crippen molar-refractivity contribution in [3.63, 3.8) is 0 Å². The van der Waals surface area contributed by atoms with Gasteiger partial charge in [0.05, 0.1) is 17.8 Å². The Morgan fingerprint density at radius 3 is 2.55 bits per heavy atom. The van der Waals surface area contributed by atoms with E-state index in [0.717, 1.165) is 4.90 Å². The molecule has 0 radical (unpaired) electrons. The summed E-state index contributed by atoms with van der Waals surface area (Å²) in [6, 6.07) is 9.33. The van der Waals surface area contributed by atoms with E-state index in [1.165, 1.54) is 17.2 Å². The first-order chi connectivity index (χ1) is 14.7. The van der Waals surface area contributed by atoms with Gasteiger partial charge in [-0.1, -0.05) is 6.07 Å². The molecule has 1 saturated heterocycles. The van der Waals surface area contributed by atoms with Crippen LogP contribution in [0.5, 0.6) is 0 Å². The molecular weight excluding hydrogens is 410 g/mol. The highest BCUT2D eigenvalue weighted by molar-refractivity contribution is 6.16. The van der Waals surface area contributed by atoms with E-state index in [0.29, 0.717) is 22.6 Å². The van der Waals surface area contributed by atoms with Crippen molar-refractivity contribution in [2.45, 2.75) is 32.4 Å². The first-order valence-electron chi connectivity index (χ1n) is 9.27. The van der Waals surface area contributed by atoms with Crippen LogP contribution in [0.25, 0.3) is 11.5 Å². The molecular formula is C20H18F2N6O3. The molecule has 0 atom stereocenters. The molecule has 9 nitrogen and oxygen atoms in total. The van der Waals surface area contributed by atoms with E-state index in [1.807, 2.05) is 0 Å². The van der Waals surface area contributed by atoms with Crippen LogP contribution in [-0.4, -0.2) is 37.6 Å². The number of nitrogens with two attached hydrogens (primary N) is 1. The number of pyridine rings is 1. The Kier molecular flexibility index (Phi) is 4.88. The van der Waals surface area contributed by atoms with Crippen molar-refractivity contribution in [2.75, 3.05) is 10.6 Å². The summed E-state index contributed by atoms with van der Waals surface area (Å²) >= 11 is 0. The zero-order valence-electron chi connectivity index (χ0n) is 16.6. The molecule has 0 unspecified atom stereocenters. The minimum absolute atomic E-state index is 0.0632. The van der Waals surface area contributed by atoms with Crippen LogP contribution in [0.15, 0.2) is 47.0 Å². The normalized spacial score (nSPS) is 15.9. The average Bonchev–Trinajstić information content (AvgIpc) is 3.27. The van der Waals surface area contributed by atoms with E-state index in [2.05, 4.69) is 15.2 Å². The molecule has 0 spiro atoms. The number of nitrogens with zero attached hydrogens (tertiary/aromatic N) is 5. The summed E-state index contributed by atoms with van der Waals surface area (Å²) in [5.41, 5.74) is 6.46. The summed E-state index contributed by atoms with van der Waals surface area (Å²) in [5.74, 6) is -1.27. The van der Waals surface area contributed by atoms with Crippen LogP contribution < -0.4 is 10.6 Å². The van der Waals surface area contributed by atoms with Gasteiger partial charge in [-0.2, -0.15) is 8.78 Å². The molecule has 31 heavy (non-hydrogen) atoms. The molecule has 1 aliphatic heterocycles. The van der Waals surface area contributed by atoms with Crippen molar-refractivity contribution in [3.8, 4) is 11.5 Å². The number of amides is 3. The minimum atomic E-state index is -2.87. The number of benzene rings is 1. The first-order valence-corrected chi connectivity index (χ1v) is 9.27. The number of nitrogen functional groups attached to an aromatic ring is 1. The second kappa shape index (κ2) is 7.42. The maximum absolute atomic E-state index is 13.1. The lowest BCUT2D eigenvalue weighted by atomic mass is 10.0. The molecule has 3 aromatic rings. The standard InChI is InChI=1S/C20H18F2N6O3/c1-20(2)18(29)27(19(30)28(20)14-5-3-4-12(23)8-14)10-13-7-6-11(9-24-13)16-25-26-17(31-16)15(21)22/h3-9,15H,10,23H2,1-2H3. The molecule has 11 heteroatoms. The molecule has 4 rings (SSSR count). The van der Waals surface area contributed by atoms with Gasteiger partial charge >= 0.3 is 12.5 Å². The van der Waals surface area contributed by atoms with Gasteiger partial charge in [-0.15, -0.1) is 10.2 Å². The zero-order chi connectivity index (χ0) is 22.3. The van der Waals surface area contributed by atoms with Crippen molar-refractivity contribution >= 4 is 23.3 Å². The molecule has 1 aliphatic rings. The number of aromatic nitrogens is 3. The zero-order valence-corrected chi connectivity index (χ0v) is 16.6. The van der Waals surface area contributed by atoms with Gasteiger partial charge in [0, 0.05) is 17.6 Å². The topological polar surface area (TPSA) is 118 Å². The highest BCUT2D eigenvalue weighted by Gasteiger charge is 2.52. The first kappa shape index (κ1) is 20.4. The van der Waals surface area contributed by atoms with Crippen LogP contribution >= 0.6 is 0 Å². The Bertz CT molecular complexity index is 1150. The summed E-state index contributed by atoms with van der Waals surface area (Å²) in [6.07, 6.45) is -1.52. The SMILES string of the molecule is CC1(C)C(=O)N(Cc2ccc(-c3nnc(C(F)F)o3)cn2)C(=O)N1c1cccc(N)c1. The number of rotatable bonds is 5. The number of hydrogen-bond donors (Lipinski definition) is 1. The van der Waals surface area contributed by atoms with E-state index < -0.39 is 23.9 Å². The van der Waals surface area contributed by atoms with Gasteiger partial charge in [0.1, 0.15) is 5.54 Å². The van der Waals surface area contributed by atoms with Gasteiger partial charge in [0.2, 0.25) is 5.89 Å². The molecule has 3 amide bonds. The lowest BCUT2D eigenvalue weighted by Gasteiger charge is -2.27. The maximum Gasteiger partial charge on any atom is 0.332 e. The minimum Gasteiger partial charge on any atom is -0.415 e. The number of imide groups is 1. The van der Waals surface area contributed by atoms with Crippen LogP contribution in [0.4, 0.5) is 25.0 Å².